The topological polar surface area (TPSA) is 174 Å². The lowest BCUT2D eigenvalue weighted by Crippen LogP contribution is -2.44. The summed E-state index contributed by atoms with van der Waals surface area (Å²) < 4.78 is 10.0. The van der Waals surface area contributed by atoms with Crippen molar-refractivity contribution >= 4 is 30.0 Å². The number of nitrogens with two attached hydrogens (primary N) is 2. The van der Waals surface area contributed by atoms with E-state index in [2.05, 4.69) is 20.8 Å². The first kappa shape index (κ1) is 23.9. The van der Waals surface area contributed by atoms with E-state index in [0.717, 1.165) is 0 Å². The second kappa shape index (κ2) is 9.59. The second-order valence-corrected chi connectivity index (χ2v) is 7.26. The van der Waals surface area contributed by atoms with Crippen molar-refractivity contribution in [2.75, 3.05) is 0 Å². The lowest BCUT2D eigenvalue weighted by atomic mass is 10.2. The molecule has 0 saturated carbocycles. The van der Waals surface area contributed by atoms with Crippen LogP contribution in [-0.2, 0) is 14.3 Å². The average Bonchev–Trinajstić information content (AvgIpc) is 2.40. The van der Waals surface area contributed by atoms with Crippen LogP contribution in [-0.4, -0.2) is 46.3 Å². The number of ether oxygens (including phenoxy) is 2. The summed E-state index contributed by atoms with van der Waals surface area (Å²) in [5.41, 5.74) is 9.64. The fourth-order valence-corrected chi connectivity index (χ4v) is 1.35. The third-order valence-corrected chi connectivity index (χ3v) is 2.19. The molecule has 0 aliphatic carbocycles. The van der Waals surface area contributed by atoms with Gasteiger partial charge in [0.05, 0.1) is 0 Å². The van der Waals surface area contributed by atoms with Gasteiger partial charge >= 0.3 is 12.2 Å². The monoisotopic (exact) mass is 387 g/mol. The SMILES string of the molecule is CCC(=O)N(N=C(N)NC(=O)OC(C)(C)C)N=C(N)NC(=O)OC(C)(C)C. The van der Waals surface area contributed by atoms with Gasteiger partial charge in [0, 0.05) is 6.42 Å². The van der Waals surface area contributed by atoms with Crippen molar-refractivity contribution in [3.8, 4) is 0 Å². The molecule has 0 aliphatic heterocycles. The van der Waals surface area contributed by atoms with Crippen LogP contribution in [0, 0.1) is 0 Å². The summed E-state index contributed by atoms with van der Waals surface area (Å²) in [5, 5.41) is 12.1. The number of guanidine groups is 2. The Hall–Kier alpha value is -3.05. The third-order valence-electron chi connectivity index (χ3n) is 2.19. The molecule has 0 aromatic heterocycles. The van der Waals surface area contributed by atoms with E-state index < -0.39 is 41.2 Å². The molecule has 0 aliphatic rings. The van der Waals surface area contributed by atoms with E-state index in [9.17, 15) is 14.4 Å². The average molecular weight is 387 g/mol. The first-order chi connectivity index (χ1) is 12.1. The van der Waals surface area contributed by atoms with Crippen LogP contribution in [0.2, 0.25) is 0 Å². The molecule has 12 nitrogen and oxygen atoms in total. The number of alkyl carbamates (subject to hydrolysis) is 2. The molecule has 12 heteroatoms. The summed E-state index contributed by atoms with van der Waals surface area (Å²) in [6, 6.07) is 0. The number of rotatable bonds is 3. The van der Waals surface area contributed by atoms with Crippen molar-refractivity contribution < 1.29 is 23.9 Å². The van der Waals surface area contributed by atoms with E-state index in [-0.39, 0.29) is 6.42 Å². The van der Waals surface area contributed by atoms with E-state index in [0.29, 0.717) is 5.12 Å². The number of hydrogen-bond donors (Lipinski definition) is 4. The van der Waals surface area contributed by atoms with E-state index >= 15 is 0 Å². The highest BCUT2D eigenvalue weighted by molar-refractivity contribution is 5.95. The summed E-state index contributed by atoms with van der Waals surface area (Å²) in [6.07, 6.45) is -1.72. The summed E-state index contributed by atoms with van der Waals surface area (Å²) >= 11 is 0. The first-order valence-electron chi connectivity index (χ1n) is 8.14. The molecule has 6 N–H and O–H groups in total. The van der Waals surface area contributed by atoms with Gasteiger partial charge in [-0.2, -0.15) is 0 Å². The zero-order valence-electron chi connectivity index (χ0n) is 16.7. The van der Waals surface area contributed by atoms with Crippen molar-refractivity contribution in [1.82, 2.24) is 15.8 Å². The Morgan fingerprint density at radius 3 is 1.44 bits per heavy atom. The maximum Gasteiger partial charge on any atom is 0.414 e. The van der Waals surface area contributed by atoms with Gasteiger partial charge in [-0.15, -0.1) is 15.3 Å². The Labute approximate surface area is 158 Å². The van der Waals surface area contributed by atoms with Crippen LogP contribution >= 0.6 is 0 Å². The van der Waals surface area contributed by atoms with Crippen molar-refractivity contribution in [2.24, 2.45) is 21.7 Å². The van der Waals surface area contributed by atoms with Crippen LogP contribution in [0.3, 0.4) is 0 Å². The van der Waals surface area contributed by atoms with E-state index in [1.54, 1.807) is 48.5 Å². The molecule has 3 amide bonds. The van der Waals surface area contributed by atoms with Crippen LogP contribution in [0.25, 0.3) is 0 Å². The molecule has 0 aromatic carbocycles. The number of hydrazone groups is 2. The van der Waals surface area contributed by atoms with Crippen molar-refractivity contribution in [1.29, 1.82) is 0 Å². The van der Waals surface area contributed by atoms with Crippen LogP contribution in [0.15, 0.2) is 10.2 Å². The molecular weight excluding hydrogens is 358 g/mol. The zero-order chi connectivity index (χ0) is 21.4. The normalized spacial score (nSPS) is 12.9. The quantitative estimate of drug-likeness (QED) is 0.314. The lowest BCUT2D eigenvalue weighted by Gasteiger charge is -2.20. The third kappa shape index (κ3) is 12.0. The van der Waals surface area contributed by atoms with Crippen LogP contribution in [0.1, 0.15) is 54.9 Å². The predicted octanol–water partition coefficient (Wildman–Crippen LogP) is 0.734. The highest BCUT2D eigenvalue weighted by Gasteiger charge is 2.19. The molecule has 0 bridgehead atoms. The van der Waals surface area contributed by atoms with Crippen LogP contribution in [0.5, 0.6) is 0 Å². The van der Waals surface area contributed by atoms with E-state index in [1.807, 2.05) is 0 Å². The van der Waals surface area contributed by atoms with Gasteiger partial charge in [0.25, 0.3) is 5.91 Å². The molecule has 0 aromatic rings. The maximum atomic E-state index is 11.9. The zero-order valence-corrected chi connectivity index (χ0v) is 16.7. The molecule has 27 heavy (non-hydrogen) atoms. The van der Waals surface area contributed by atoms with Crippen LogP contribution < -0.4 is 22.1 Å². The predicted molar refractivity (Wildman–Crippen MR) is 99.1 cm³/mol. The molecule has 0 spiro atoms. The number of carbonyl (C=O) groups excluding carboxylic acids is 3. The highest BCUT2D eigenvalue weighted by Crippen LogP contribution is 2.07. The van der Waals surface area contributed by atoms with Gasteiger partial charge in [0.1, 0.15) is 11.2 Å². The largest absolute Gasteiger partial charge is 0.444 e. The summed E-state index contributed by atoms with van der Waals surface area (Å²) in [7, 11) is 0. The fraction of sp³-hybridized carbons (Fsp3) is 0.667. The maximum absolute atomic E-state index is 11.9. The van der Waals surface area contributed by atoms with Crippen LogP contribution in [0.4, 0.5) is 9.59 Å². The van der Waals surface area contributed by atoms with E-state index in [4.69, 9.17) is 20.9 Å². The standard InChI is InChI=1S/C15H29N7O5/c1-8-9(23)22(20-10(16)18-12(24)26-14(2,3)4)21-11(17)19-13(25)27-15(5,6)7/h8H2,1-7H3,(H3,16,18,20,24)(H3,17,19,21,25). The number of hydrogen-bond acceptors (Lipinski definition) is 7. The van der Waals surface area contributed by atoms with Gasteiger partial charge < -0.3 is 20.9 Å². The van der Waals surface area contributed by atoms with Crippen molar-refractivity contribution in [3.63, 3.8) is 0 Å². The smallest absolute Gasteiger partial charge is 0.414 e. The molecule has 0 radical (unpaired) electrons. The molecular formula is C15H29N7O5. The van der Waals surface area contributed by atoms with Gasteiger partial charge in [0.2, 0.25) is 11.9 Å². The minimum absolute atomic E-state index is 0.00638. The van der Waals surface area contributed by atoms with Gasteiger partial charge in [-0.3, -0.25) is 15.4 Å². The minimum Gasteiger partial charge on any atom is -0.444 e. The lowest BCUT2D eigenvalue weighted by molar-refractivity contribution is -0.131. The Kier molecular flexibility index (Phi) is 8.51. The second-order valence-electron chi connectivity index (χ2n) is 7.26. The molecule has 0 heterocycles. The van der Waals surface area contributed by atoms with Crippen molar-refractivity contribution in [3.05, 3.63) is 0 Å². The van der Waals surface area contributed by atoms with Gasteiger partial charge in [-0.05, 0) is 41.5 Å². The number of nitrogens with zero attached hydrogens (tertiary/aromatic N) is 3. The molecule has 0 rings (SSSR count). The molecule has 0 atom stereocenters. The Morgan fingerprint density at radius 2 is 1.19 bits per heavy atom. The van der Waals surface area contributed by atoms with Gasteiger partial charge in [-0.1, -0.05) is 6.92 Å². The highest BCUT2D eigenvalue weighted by atomic mass is 16.6. The van der Waals surface area contributed by atoms with E-state index in [1.165, 1.54) is 0 Å². The number of amides is 3. The molecule has 154 valence electrons. The number of nitrogens with one attached hydrogen (secondary N) is 2. The van der Waals surface area contributed by atoms with Crippen molar-refractivity contribution in [2.45, 2.75) is 66.1 Å². The summed E-state index contributed by atoms with van der Waals surface area (Å²) in [4.78, 5) is 35.2. The molecule has 0 unspecified atom stereocenters. The van der Waals surface area contributed by atoms with Gasteiger partial charge in [0.15, 0.2) is 0 Å². The molecule has 0 fully saturated rings. The number of carbonyl (C=O) groups is 3. The fourth-order valence-electron chi connectivity index (χ4n) is 1.35. The summed E-state index contributed by atoms with van der Waals surface area (Å²) in [5.74, 6) is -1.52. The molecule has 0 saturated heterocycles. The Balaban J connectivity index is 5.19. The Bertz CT molecular complexity index is 571. The minimum atomic E-state index is -0.864. The summed E-state index contributed by atoms with van der Waals surface area (Å²) in [6.45, 7) is 11.6. The Morgan fingerprint density at radius 1 is 0.852 bits per heavy atom. The first-order valence-corrected chi connectivity index (χ1v) is 8.14. The van der Waals surface area contributed by atoms with Gasteiger partial charge in [-0.25, -0.2) is 9.59 Å².